The summed E-state index contributed by atoms with van der Waals surface area (Å²) in [5.41, 5.74) is 0. The van der Waals surface area contributed by atoms with Crippen LogP contribution in [0.25, 0.3) is 0 Å². The number of carbonyl (C=O) groups is 5. The lowest BCUT2D eigenvalue weighted by atomic mass is 9.93. The second kappa shape index (κ2) is 44.9. The van der Waals surface area contributed by atoms with Crippen molar-refractivity contribution in [3.05, 3.63) is 0 Å². The molecule has 722 valence electrons. The monoisotopic (exact) mass is 1830 g/mol. The number of rotatable bonds is 32. The van der Waals surface area contributed by atoms with Gasteiger partial charge in [0.25, 0.3) is 0 Å². The van der Waals surface area contributed by atoms with Crippen molar-refractivity contribution < 1.29 is 247 Å². The van der Waals surface area contributed by atoms with Gasteiger partial charge in [0, 0.05) is 34.6 Å². The predicted molar refractivity (Wildman–Crippen MR) is 386 cm³/mol. The van der Waals surface area contributed by atoms with Gasteiger partial charge in [-0.2, -0.15) is 0 Å². The molecule has 125 heavy (non-hydrogen) atoms. The number of aliphatic hydroxyl groups is 26. The Morgan fingerprint density at radius 2 is 0.504 bits per heavy atom. The minimum Gasteiger partial charge on any atom is -0.394 e. The summed E-state index contributed by atoms with van der Waals surface area (Å²) in [4.78, 5) is 63.9. The molecule has 55 heteroatoms. The summed E-state index contributed by atoms with van der Waals surface area (Å²) in [7, 11) is 0. The van der Waals surface area contributed by atoms with Crippen molar-refractivity contribution >= 4 is 29.5 Å². The van der Waals surface area contributed by atoms with E-state index in [9.17, 15) is 157 Å². The van der Waals surface area contributed by atoms with Crippen molar-refractivity contribution in [1.29, 1.82) is 0 Å². The van der Waals surface area contributed by atoms with Gasteiger partial charge in [-0.25, -0.2) is 0 Å². The van der Waals surface area contributed by atoms with E-state index in [2.05, 4.69) is 26.6 Å². The molecule has 10 rings (SSSR count). The van der Waals surface area contributed by atoms with Gasteiger partial charge in [-0.1, -0.05) is 0 Å². The molecule has 55 nitrogen and oxygen atoms in total. The van der Waals surface area contributed by atoms with Crippen molar-refractivity contribution in [3.8, 4) is 0 Å². The molecule has 0 aromatic rings. The largest absolute Gasteiger partial charge is 0.394 e. The van der Waals surface area contributed by atoms with Crippen molar-refractivity contribution in [1.82, 2.24) is 26.6 Å². The van der Waals surface area contributed by atoms with Gasteiger partial charge >= 0.3 is 0 Å². The van der Waals surface area contributed by atoms with Crippen LogP contribution in [0.3, 0.4) is 0 Å². The first kappa shape index (κ1) is 103. The average molecular weight is 1830 g/mol. The summed E-state index contributed by atoms with van der Waals surface area (Å²) in [6.07, 6.45) is -94.7. The fourth-order valence-corrected chi connectivity index (χ4v) is 16.1. The Kier molecular flexibility index (Phi) is 36.8. The molecule has 0 radical (unpaired) electrons. The maximum Gasteiger partial charge on any atom is 0.217 e. The molecule has 0 aromatic heterocycles. The number of aliphatic hydroxyl groups excluding tert-OH is 26. The Hall–Kier alpha value is -4.45. The Labute approximate surface area is 708 Å². The fourth-order valence-electron chi connectivity index (χ4n) is 16.1. The van der Waals surface area contributed by atoms with Gasteiger partial charge in [0.15, 0.2) is 62.9 Å². The van der Waals surface area contributed by atoms with Crippen molar-refractivity contribution in [2.24, 2.45) is 0 Å². The highest BCUT2D eigenvalue weighted by Gasteiger charge is 2.62. The molecule has 0 aromatic carbocycles. The summed E-state index contributed by atoms with van der Waals surface area (Å²) in [6, 6.07) is -9.27. The van der Waals surface area contributed by atoms with Gasteiger partial charge in [-0.3, -0.25) is 24.0 Å². The van der Waals surface area contributed by atoms with Crippen LogP contribution < -0.4 is 26.6 Å². The molecule has 0 bridgehead atoms. The van der Waals surface area contributed by atoms with Crippen LogP contribution in [0.2, 0.25) is 0 Å². The number of amides is 5. The minimum atomic E-state index is -2.62. The topological polar surface area (TPSA) is 847 Å². The highest BCUT2D eigenvalue weighted by molar-refractivity contribution is 5.75. The number of hydrogen-bond donors (Lipinski definition) is 31. The van der Waals surface area contributed by atoms with Crippen molar-refractivity contribution in [2.45, 2.75) is 348 Å². The zero-order valence-corrected chi connectivity index (χ0v) is 67.7. The van der Waals surface area contributed by atoms with Crippen LogP contribution in [0.4, 0.5) is 0 Å². The molecule has 5 amide bonds. The zero-order valence-electron chi connectivity index (χ0n) is 67.7. The van der Waals surface area contributed by atoms with Crippen molar-refractivity contribution in [2.75, 3.05) is 59.5 Å². The van der Waals surface area contributed by atoms with Gasteiger partial charge in [-0.05, 0) is 6.92 Å². The molecule has 31 N–H and O–H groups in total. The Bertz CT molecular complexity index is 3420. The van der Waals surface area contributed by atoms with E-state index in [-0.39, 0.29) is 0 Å². The number of carbonyl (C=O) groups excluding carboxylic acids is 5. The Morgan fingerprint density at radius 3 is 0.984 bits per heavy atom. The summed E-state index contributed by atoms with van der Waals surface area (Å²) >= 11 is 0. The van der Waals surface area contributed by atoms with Gasteiger partial charge in [0.2, 0.25) is 29.5 Å². The molecule has 1 unspecified atom stereocenters. The van der Waals surface area contributed by atoms with E-state index in [1.165, 1.54) is 6.92 Å². The fraction of sp³-hybridized carbons (Fsp3) is 0.929. The van der Waals surface area contributed by atoms with Gasteiger partial charge in [-0.15, -0.1) is 0 Å². The SMILES string of the molecule is CC(=O)N[C@@H]1[C@H](O[C@@H]2[C@@H](O[C@@H]3[C@H](O)[C@H](O[C@H]4[C@H](O)[C@@H](NC(C)=O)[C@H](O[C@H]5[C@H](O)[C@@H](NC(C)=O)C(O)O[C@@H]5CO)O[C@@H]4CO)O[C@H](CO[C@H]4O[C@H](CO[C@@H]5O[C@H](CO)[C@@H](O)[C@H](O)[C@H]5NC(C)=O)[C@@H](O)[C@H](O)[C@@H]4O[C@@H]4O[C@H](CO[C@@H]5O[C@@H](C)[C@@H](O)[C@@H](O)[C@@H]5O)[C@@H](O[C@@H]5O[C@H](CO)[C@H](O)[C@H](O)[C@H]5O)[C@H](O)[C@H]4NC(C)=O)[C@H]3O)O[C@H](CO)[C@@H](O)[C@@H]2O)O[C@H](CO)[C@@H](O)[C@@H]1O. The third-order valence-electron chi connectivity index (χ3n) is 22.8. The maximum absolute atomic E-state index is 13.4. The third kappa shape index (κ3) is 23.3. The minimum absolute atomic E-state index is 0.806. The second-order valence-electron chi connectivity index (χ2n) is 31.8. The van der Waals surface area contributed by atoms with Crippen LogP contribution in [0.15, 0.2) is 0 Å². The van der Waals surface area contributed by atoms with E-state index in [1.807, 2.05) is 0 Å². The Balaban J connectivity index is 1.05. The third-order valence-corrected chi connectivity index (χ3v) is 22.8. The highest BCUT2D eigenvalue weighted by atomic mass is 16.8. The summed E-state index contributed by atoms with van der Waals surface area (Å²) in [6.45, 7) is -3.87. The van der Waals surface area contributed by atoms with Crippen LogP contribution in [0.5, 0.6) is 0 Å². The predicted octanol–water partition coefficient (Wildman–Crippen LogP) is -21.1. The summed E-state index contributed by atoms with van der Waals surface area (Å²) in [5.74, 6) is -4.54. The van der Waals surface area contributed by atoms with E-state index in [4.69, 9.17) is 90.0 Å². The molecule has 10 heterocycles. The van der Waals surface area contributed by atoms with E-state index in [0.717, 1.165) is 34.6 Å². The van der Waals surface area contributed by atoms with Crippen LogP contribution in [-0.2, 0) is 114 Å². The van der Waals surface area contributed by atoms with Crippen molar-refractivity contribution in [3.63, 3.8) is 0 Å². The lowest BCUT2D eigenvalue weighted by Crippen LogP contribution is -2.71. The van der Waals surface area contributed by atoms with Gasteiger partial charge in [0.05, 0.1) is 65.6 Å². The molecule has 0 spiro atoms. The molecule has 0 saturated carbocycles. The molecule has 10 aliphatic rings. The molecule has 10 fully saturated rings. The molecule has 50 atom stereocenters. The van der Waals surface area contributed by atoms with Crippen LogP contribution in [0.1, 0.15) is 41.5 Å². The Morgan fingerprint density at radius 1 is 0.224 bits per heavy atom. The normalized spacial score (nSPS) is 48.7. The number of nitrogens with one attached hydrogen (secondary N) is 5. The maximum atomic E-state index is 13.4. The first-order chi connectivity index (χ1) is 59.0. The van der Waals surface area contributed by atoms with Crippen LogP contribution >= 0.6 is 0 Å². The average Bonchev–Trinajstić information content (AvgIpc) is 0.763. The molecule has 0 aliphatic carbocycles. The van der Waals surface area contributed by atoms with E-state index in [0.29, 0.717) is 0 Å². The van der Waals surface area contributed by atoms with E-state index < -0.39 is 396 Å². The molecule has 10 saturated heterocycles. The summed E-state index contributed by atoms with van der Waals surface area (Å²) < 4.78 is 114. The highest BCUT2D eigenvalue weighted by Crippen LogP contribution is 2.40. The zero-order chi connectivity index (χ0) is 92.1. The van der Waals surface area contributed by atoms with E-state index >= 15 is 0 Å². The summed E-state index contributed by atoms with van der Waals surface area (Å²) in [5, 5.41) is 305. The quantitative estimate of drug-likeness (QED) is 0.0297. The lowest BCUT2D eigenvalue weighted by molar-refractivity contribution is -0.397. The standard InChI is InChI=1S/C70H117N5O50/c1-16-36(87)48(99)52(103)66(110-16)108-15-30-57(122-67-53(104)49(100)39(90)24(9-78)114-67)47(98)35(75-21(6)86)65(119-30)124-59-51(102)41(92)28(13-107-62-32(72-18(3)83)43(94)37(88)22(7-76)112-62)118-69(59)109-14-29-42(93)58(123-70-60(50(101)40(91)25(10-79)115-70)125-63-33(73-19(4)84)44(95)38(89)23(8-77)113-63)54(105)68(117-29)121-56-27(12-81)116-64(34(46(56)97)74-20(5)85)120-55-26(11-80)111-61(106)31(45(55)96)71-17(2)82/h16,22-70,76-81,87-106H,7-15H2,1-6H3,(H,71,82)(H,72,83)(H,73,84)(H,74,85)(H,75,86)/t16-,22+,23+,24+,25+,26+,27+,28+,29+,30+,31+,32+,33-,34+,35+,36+,37+,38+,39-,40+,41+,42+,43+,44+,45+,46+,47+,48+,49-,50-,51-,52-,53+,54-,55+,56+,57+,58-,59-,60-,61?,62+,63-,64-,65-,66+,67-,68-,69-,70+/m0/s1. The number of hydrogen-bond acceptors (Lipinski definition) is 50. The number of ether oxygens (including phenoxy) is 19. The van der Waals surface area contributed by atoms with Crippen LogP contribution in [0, 0.1) is 0 Å². The molecule has 10 aliphatic heterocycles. The molecular weight excluding hydrogens is 1710 g/mol. The second-order valence-corrected chi connectivity index (χ2v) is 31.8. The smallest absolute Gasteiger partial charge is 0.217 e. The lowest BCUT2D eigenvalue weighted by Gasteiger charge is -2.51. The van der Waals surface area contributed by atoms with E-state index in [1.54, 1.807) is 0 Å². The first-order valence-corrected chi connectivity index (χ1v) is 40.0. The first-order valence-electron chi connectivity index (χ1n) is 40.0. The van der Waals surface area contributed by atoms with Gasteiger partial charge < -0.3 is 249 Å². The van der Waals surface area contributed by atoms with Crippen LogP contribution in [-0.4, -0.2) is 529 Å². The molecular formula is C70H117N5O50. The van der Waals surface area contributed by atoms with Gasteiger partial charge in [0.1, 0.15) is 238 Å².